The van der Waals surface area contributed by atoms with Crippen molar-refractivity contribution < 1.29 is 9.66 Å². The van der Waals surface area contributed by atoms with Crippen LogP contribution in [0.25, 0.3) is 0 Å². The number of guanidine groups is 1. The van der Waals surface area contributed by atoms with Crippen molar-refractivity contribution in [2.75, 3.05) is 13.7 Å². The van der Waals surface area contributed by atoms with Crippen LogP contribution in [0.15, 0.2) is 66.2 Å². The number of hydrogen-bond acceptors (Lipinski definition) is 4. The Kier molecular flexibility index (Phi) is 7.17. The van der Waals surface area contributed by atoms with Crippen molar-refractivity contribution >= 4 is 11.6 Å². The van der Waals surface area contributed by atoms with E-state index < -0.39 is 4.92 Å². The Bertz CT molecular complexity index is 790. The fraction of sp³-hybridized carbons (Fsp3) is 0.211. The highest BCUT2D eigenvalue weighted by atomic mass is 16.6. The minimum absolute atomic E-state index is 0.0699. The average Bonchev–Trinajstić information content (AvgIpc) is 2.67. The van der Waals surface area contributed by atoms with Crippen LogP contribution >= 0.6 is 0 Å². The molecule has 0 fully saturated rings. The summed E-state index contributed by atoms with van der Waals surface area (Å²) in [7, 11) is 1.67. The van der Waals surface area contributed by atoms with Crippen molar-refractivity contribution in [2.45, 2.75) is 13.1 Å². The predicted octanol–water partition coefficient (Wildman–Crippen LogP) is 3.02. The van der Waals surface area contributed by atoms with Crippen molar-refractivity contribution in [3.8, 4) is 5.75 Å². The van der Waals surface area contributed by atoms with Crippen LogP contribution < -0.4 is 15.4 Å². The Morgan fingerprint density at radius 2 is 2.00 bits per heavy atom. The normalized spacial score (nSPS) is 10.9. The summed E-state index contributed by atoms with van der Waals surface area (Å²) in [6, 6.07) is 14.2. The van der Waals surface area contributed by atoms with E-state index in [0.29, 0.717) is 25.7 Å². The van der Waals surface area contributed by atoms with E-state index in [1.54, 1.807) is 25.3 Å². The lowest BCUT2D eigenvalue weighted by atomic mass is 10.2. The molecule has 0 aliphatic rings. The fourth-order valence-electron chi connectivity index (χ4n) is 2.30. The second-order valence-corrected chi connectivity index (χ2v) is 5.41. The number of ether oxygens (including phenoxy) is 1. The molecule has 7 heteroatoms. The first kappa shape index (κ1) is 19.0. The number of nitrogens with one attached hydrogen (secondary N) is 2. The lowest BCUT2D eigenvalue weighted by molar-refractivity contribution is -0.384. The van der Waals surface area contributed by atoms with Crippen LogP contribution in [0, 0.1) is 10.1 Å². The van der Waals surface area contributed by atoms with Gasteiger partial charge in [0.15, 0.2) is 5.96 Å². The summed E-state index contributed by atoms with van der Waals surface area (Å²) in [5.41, 5.74) is 1.87. The van der Waals surface area contributed by atoms with Gasteiger partial charge in [0.2, 0.25) is 0 Å². The highest BCUT2D eigenvalue weighted by molar-refractivity contribution is 5.79. The van der Waals surface area contributed by atoms with E-state index in [9.17, 15) is 10.1 Å². The van der Waals surface area contributed by atoms with Crippen LogP contribution in [-0.4, -0.2) is 24.5 Å². The maximum absolute atomic E-state index is 10.8. The lowest BCUT2D eigenvalue weighted by Gasteiger charge is -2.14. The molecule has 2 aromatic rings. The molecule has 0 heterocycles. The van der Waals surface area contributed by atoms with Gasteiger partial charge >= 0.3 is 0 Å². The van der Waals surface area contributed by atoms with Crippen molar-refractivity contribution in [1.29, 1.82) is 0 Å². The zero-order valence-electron chi connectivity index (χ0n) is 14.6. The molecule has 0 unspecified atom stereocenters. The van der Waals surface area contributed by atoms with Crippen molar-refractivity contribution in [2.24, 2.45) is 4.99 Å². The quantitative estimate of drug-likeness (QED) is 0.250. The van der Waals surface area contributed by atoms with Crippen LogP contribution in [0.4, 0.5) is 5.69 Å². The Labute approximate surface area is 152 Å². The number of hydrogen-bond donors (Lipinski definition) is 2. The van der Waals surface area contributed by atoms with E-state index >= 15 is 0 Å². The Morgan fingerprint density at radius 1 is 1.23 bits per heavy atom. The van der Waals surface area contributed by atoms with Crippen molar-refractivity contribution in [3.05, 3.63) is 82.4 Å². The lowest BCUT2D eigenvalue weighted by Crippen LogP contribution is -2.36. The van der Waals surface area contributed by atoms with Gasteiger partial charge in [0.05, 0.1) is 4.92 Å². The number of nitro benzene ring substituents is 1. The number of nitro groups is 1. The maximum Gasteiger partial charge on any atom is 0.269 e. The molecular weight excluding hydrogens is 332 g/mol. The Balaban J connectivity index is 1.93. The van der Waals surface area contributed by atoms with E-state index in [4.69, 9.17) is 4.74 Å². The third-order valence-electron chi connectivity index (χ3n) is 3.58. The molecule has 26 heavy (non-hydrogen) atoms. The van der Waals surface area contributed by atoms with Crippen molar-refractivity contribution in [1.82, 2.24) is 10.6 Å². The van der Waals surface area contributed by atoms with Gasteiger partial charge in [-0.05, 0) is 11.6 Å². The van der Waals surface area contributed by atoms with Gasteiger partial charge in [-0.25, -0.2) is 0 Å². The highest BCUT2D eigenvalue weighted by Gasteiger charge is 2.07. The molecule has 2 N–H and O–H groups in total. The van der Waals surface area contributed by atoms with E-state index in [1.807, 2.05) is 30.3 Å². The van der Waals surface area contributed by atoms with Gasteiger partial charge in [-0.1, -0.05) is 43.0 Å². The van der Waals surface area contributed by atoms with Gasteiger partial charge in [-0.3, -0.25) is 15.1 Å². The molecule has 2 aromatic carbocycles. The topological polar surface area (TPSA) is 88.8 Å². The summed E-state index contributed by atoms with van der Waals surface area (Å²) >= 11 is 0. The molecule has 0 atom stereocenters. The SMILES string of the molecule is C=CCOc1ccccc1CNC(=NC)NCc1cccc([N+](=O)[O-])c1. The monoisotopic (exact) mass is 354 g/mol. The number of benzene rings is 2. The molecule has 0 aromatic heterocycles. The summed E-state index contributed by atoms with van der Waals surface area (Å²) in [6.45, 7) is 5.05. The molecule has 7 nitrogen and oxygen atoms in total. The number of aliphatic imine (C=N–C) groups is 1. The minimum atomic E-state index is -0.406. The van der Waals surface area contributed by atoms with E-state index in [0.717, 1.165) is 16.9 Å². The third kappa shape index (κ3) is 5.62. The van der Waals surface area contributed by atoms with Gasteiger partial charge < -0.3 is 15.4 Å². The van der Waals surface area contributed by atoms with Crippen LogP contribution in [0.2, 0.25) is 0 Å². The zero-order chi connectivity index (χ0) is 18.8. The third-order valence-corrected chi connectivity index (χ3v) is 3.58. The molecule has 0 saturated heterocycles. The molecule has 0 bridgehead atoms. The van der Waals surface area contributed by atoms with Crippen LogP contribution in [0.3, 0.4) is 0 Å². The summed E-state index contributed by atoms with van der Waals surface area (Å²) in [5.74, 6) is 1.38. The molecule has 0 radical (unpaired) electrons. The minimum Gasteiger partial charge on any atom is -0.489 e. The van der Waals surface area contributed by atoms with E-state index in [2.05, 4.69) is 22.2 Å². The van der Waals surface area contributed by atoms with Gasteiger partial charge in [0.1, 0.15) is 12.4 Å². The largest absolute Gasteiger partial charge is 0.489 e. The van der Waals surface area contributed by atoms with E-state index in [-0.39, 0.29) is 5.69 Å². The fourth-order valence-corrected chi connectivity index (χ4v) is 2.30. The van der Waals surface area contributed by atoms with E-state index in [1.165, 1.54) is 6.07 Å². The molecule has 0 spiro atoms. The highest BCUT2D eigenvalue weighted by Crippen LogP contribution is 2.17. The second-order valence-electron chi connectivity index (χ2n) is 5.41. The average molecular weight is 354 g/mol. The number of nitrogens with zero attached hydrogens (tertiary/aromatic N) is 2. The van der Waals surface area contributed by atoms with Gasteiger partial charge in [0.25, 0.3) is 5.69 Å². The molecule has 0 saturated carbocycles. The smallest absolute Gasteiger partial charge is 0.269 e. The number of rotatable bonds is 8. The molecular formula is C19H22N4O3. The zero-order valence-corrected chi connectivity index (χ0v) is 14.6. The predicted molar refractivity (Wildman–Crippen MR) is 102 cm³/mol. The number of para-hydroxylation sites is 1. The molecule has 2 rings (SSSR count). The van der Waals surface area contributed by atoms with Gasteiger partial charge in [-0.2, -0.15) is 0 Å². The first-order chi connectivity index (χ1) is 12.6. The summed E-state index contributed by atoms with van der Waals surface area (Å²) in [6.07, 6.45) is 1.70. The Hall–Kier alpha value is -3.35. The second kappa shape index (κ2) is 9.83. The standard InChI is InChI=1S/C19H22N4O3/c1-3-11-26-18-10-5-4-8-16(18)14-22-19(20-2)21-13-15-7-6-9-17(12-15)23(24)25/h3-10,12H,1,11,13-14H2,2H3,(H2,20,21,22). The summed E-state index contributed by atoms with van der Waals surface area (Å²) in [4.78, 5) is 14.6. The van der Waals surface area contributed by atoms with Crippen LogP contribution in [-0.2, 0) is 13.1 Å². The van der Waals surface area contributed by atoms with Crippen molar-refractivity contribution in [3.63, 3.8) is 0 Å². The maximum atomic E-state index is 10.8. The Morgan fingerprint density at radius 3 is 2.73 bits per heavy atom. The van der Waals surface area contributed by atoms with Crippen LogP contribution in [0.1, 0.15) is 11.1 Å². The summed E-state index contributed by atoms with van der Waals surface area (Å²) in [5, 5.41) is 17.2. The van der Waals surface area contributed by atoms with Gasteiger partial charge in [-0.15, -0.1) is 0 Å². The first-order valence-corrected chi connectivity index (χ1v) is 8.13. The molecule has 0 aliphatic carbocycles. The molecule has 0 aliphatic heterocycles. The molecule has 136 valence electrons. The summed E-state index contributed by atoms with van der Waals surface area (Å²) < 4.78 is 5.63. The van der Waals surface area contributed by atoms with Gasteiger partial charge in [0, 0.05) is 37.8 Å². The van der Waals surface area contributed by atoms with Crippen LogP contribution in [0.5, 0.6) is 5.75 Å². The first-order valence-electron chi connectivity index (χ1n) is 8.13. The number of non-ortho nitro benzene ring substituents is 1. The molecule has 0 amide bonds.